The topological polar surface area (TPSA) is 0 Å². The quantitative estimate of drug-likeness (QED) is 0.588. The third-order valence-electron chi connectivity index (χ3n) is 2.07. The van der Waals surface area contributed by atoms with Crippen LogP contribution in [0.4, 0.5) is 0 Å². The first kappa shape index (κ1) is 20.4. The minimum absolute atomic E-state index is 0. The Bertz CT molecular complexity index is 224. The Kier molecular flexibility index (Phi) is 10.6. The van der Waals surface area contributed by atoms with Gasteiger partial charge in [0.25, 0.3) is 0 Å². The number of hydrogen-bond acceptors (Lipinski definition) is 0. The largest absolute Gasteiger partial charge is 0.266 e. The zero-order valence-corrected chi connectivity index (χ0v) is 13.6. The molecule has 0 heterocycles. The van der Waals surface area contributed by atoms with Gasteiger partial charge in [-0.3, -0.25) is 6.08 Å². The Morgan fingerprint density at radius 3 is 1.79 bits per heavy atom. The fourth-order valence-electron chi connectivity index (χ4n) is 1.65. The molecule has 0 saturated carbocycles. The molecule has 82 valence electrons. The summed E-state index contributed by atoms with van der Waals surface area (Å²) in [5, 5.41) is 0. The van der Waals surface area contributed by atoms with Crippen LogP contribution in [-0.2, 0) is 26.2 Å². The van der Waals surface area contributed by atoms with Gasteiger partial charge in [-0.15, -0.1) is 24.8 Å². The van der Waals surface area contributed by atoms with Crippen LogP contribution in [0.15, 0.2) is 17.2 Å². The first-order valence-electron chi connectivity index (χ1n) is 4.24. The van der Waals surface area contributed by atoms with Gasteiger partial charge in [-0.1, -0.05) is 46.0 Å². The Morgan fingerprint density at radius 2 is 1.64 bits per heavy atom. The third kappa shape index (κ3) is 5.14. The molecule has 1 atom stereocenters. The summed E-state index contributed by atoms with van der Waals surface area (Å²) in [4.78, 5) is 0. The van der Waals surface area contributed by atoms with Crippen LogP contribution in [0.3, 0.4) is 0 Å². The van der Waals surface area contributed by atoms with E-state index >= 15 is 0 Å². The van der Waals surface area contributed by atoms with Crippen molar-refractivity contribution in [2.45, 2.75) is 34.6 Å². The second kappa shape index (κ2) is 7.26. The van der Waals surface area contributed by atoms with Crippen LogP contribution in [0.2, 0.25) is 0 Å². The van der Waals surface area contributed by atoms with Crippen LogP contribution in [0.5, 0.6) is 0 Å². The van der Waals surface area contributed by atoms with Crippen molar-refractivity contribution in [2.24, 2.45) is 11.3 Å². The molecule has 0 aromatic rings. The van der Waals surface area contributed by atoms with Gasteiger partial charge in [-0.05, 0) is 0 Å². The fraction of sp³-hybridized carbons (Fsp3) is 0.636. The van der Waals surface area contributed by atoms with Crippen LogP contribution < -0.4 is 0 Å². The van der Waals surface area contributed by atoms with E-state index in [-0.39, 0.29) is 51.0 Å². The summed E-state index contributed by atoms with van der Waals surface area (Å²) < 4.78 is 0. The maximum absolute atomic E-state index is 3.40. The molecule has 0 radical (unpaired) electrons. The monoisotopic (exact) mass is 311 g/mol. The van der Waals surface area contributed by atoms with E-state index in [1.165, 1.54) is 11.1 Å². The molecule has 0 nitrogen and oxygen atoms in total. The molecule has 0 bridgehead atoms. The maximum Gasteiger partial charge on any atom is 0 e. The SMILES string of the molecule is CC1=[C-]C(C)C=C1C(C)(C)C.Cl.Cl.[Zr]. The van der Waals surface area contributed by atoms with Crippen LogP contribution in [0, 0.1) is 17.4 Å². The summed E-state index contributed by atoms with van der Waals surface area (Å²) in [6.07, 6.45) is 5.71. The summed E-state index contributed by atoms with van der Waals surface area (Å²) in [5.74, 6) is 0.518. The molecule has 14 heavy (non-hydrogen) atoms. The first-order valence-corrected chi connectivity index (χ1v) is 4.24. The van der Waals surface area contributed by atoms with Crippen molar-refractivity contribution in [1.82, 2.24) is 0 Å². The van der Waals surface area contributed by atoms with Gasteiger partial charge in [0.15, 0.2) is 0 Å². The number of hydrogen-bond donors (Lipinski definition) is 0. The van der Waals surface area contributed by atoms with E-state index < -0.39 is 0 Å². The van der Waals surface area contributed by atoms with E-state index in [4.69, 9.17) is 0 Å². The normalized spacial score (nSPS) is 19.6. The summed E-state index contributed by atoms with van der Waals surface area (Å²) in [6.45, 7) is 11.1. The zero-order chi connectivity index (χ0) is 8.65. The van der Waals surface area contributed by atoms with Gasteiger partial charge in [0.2, 0.25) is 0 Å². The van der Waals surface area contributed by atoms with Gasteiger partial charge >= 0.3 is 0 Å². The van der Waals surface area contributed by atoms with Crippen molar-refractivity contribution >= 4 is 24.8 Å². The Labute approximate surface area is 120 Å². The Morgan fingerprint density at radius 1 is 1.21 bits per heavy atom. The maximum atomic E-state index is 3.40. The third-order valence-corrected chi connectivity index (χ3v) is 2.07. The van der Waals surface area contributed by atoms with E-state index in [1.54, 1.807) is 0 Å². The molecular weight excluding hydrogens is 294 g/mol. The van der Waals surface area contributed by atoms with Gasteiger partial charge < -0.3 is 0 Å². The summed E-state index contributed by atoms with van der Waals surface area (Å²) in [7, 11) is 0. The summed E-state index contributed by atoms with van der Waals surface area (Å²) >= 11 is 0. The predicted octanol–water partition coefficient (Wildman–Crippen LogP) is 4.20. The van der Waals surface area contributed by atoms with Gasteiger partial charge in [-0.25, -0.2) is 5.57 Å². The average molecular weight is 313 g/mol. The molecule has 0 aliphatic heterocycles. The summed E-state index contributed by atoms with van der Waals surface area (Å²) in [6, 6.07) is 0. The second-order valence-electron chi connectivity index (χ2n) is 4.39. The molecule has 1 unspecified atom stereocenters. The van der Waals surface area contributed by atoms with Gasteiger partial charge in [0.1, 0.15) is 0 Å². The molecule has 0 fully saturated rings. The van der Waals surface area contributed by atoms with E-state index in [1.807, 2.05) is 0 Å². The average Bonchev–Trinajstić information content (AvgIpc) is 2.08. The number of halogens is 2. The first-order chi connectivity index (χ1) is 4.91. The molecule has 1 aliphatic carbocycles. The standard InChI is InChI=1S/C11H17.2ClH.Zr/c1-8-6-9(2)10(7-8)11(3,4)5;;;/h7-8H,1-5H3;2*1H;/q-1;;;. The van der Waals surface area contributed by atoms with Crippen LogP contribution >= 0.6 is 24.8 Å². The van der Waals surface area contributed by atoms with Crippen molar-refractivity contribution in [3.8, 4) is 0 Å². The molecule has 0 aromatic heterocycles. The molecule has 0 amide bonds. The predicted molar refractivity (Wildman–Crippen MR) is 63.6 cm³/mol. The Hall–Kier alpha value is 0.943. The molecule has 0 saturated heterocycles. The van der Waals surface area contributed by atoms with Gasteiger partial charge in [0.05, 0.1) is 0 Å². The smallest absolute Gasteiger partial charge is 0 e. The molecule has 1 rings (SSSR count). The van der Waals surface area contributed by atoms with E-state index in [0.29, 0.717) is 11.3 Å². The van der Waals surface area contributed by atoms with Gasteiger partial charge in [-0.2, -0.15) is 11.6 Å². The molecule has 0 aromatic carbocycles. The van der Waals surface area contributed by atoms with Crippen molar-refractivity contribution in [3.05, 3.63) is 23.3 Å². The molecular formula is C11H19Cl2Zr-. The number of allylic oxidation sites excluding steroid dienone is 4. The molecule has 0 spiro atoms. The minimum Gasteiger partial charge on any atom is -0.266 e. The van der Waals surface area contributed by atoms with E-state index in [0.717, 1.165) is 0 Å². The van der Waals surface area contributed by atoms with Crippen LogP contribution in [0.1, 0.15) is 34.6 Å². The summed E-state index contributed by atoms with van der Waals surface area (Å²) in [5.41, 5.74) is 3.09. The van der Waals surface area contributed by atoms with Crippen LogP contribution in [0.25, 0.3) is 0 Å². The zero-order valence-electron chi connectivity index (χ0n) is 9.47. The van der Waals surface area contributed by atoms with E-state index in [9.17, 15) is 0 Å². The van der Waals surface area contributed by atoms with Gasteiger partial charge in [0, 0.05) is 26.2 Å². The number of rotatable bonds is 0. The molecule has 0 N–H and O–H groups in total. The Balaban J connectivity index is -0.000000403. The second-order valence-corrected chi connectivity index (χ2v) is 4.39. The van der Waals surface area contributed by atoms with E-state index in [2.05, 4.69) is 46.8 Å². The minimum atomic E-state index is 0. The van der Waals surface area contributed by atoms with Crippen molar-refractivity contribution < 1.29 is 26.2 Å². The van der Waals surface area contributed by atoms with Crippen molar-refractivity contribution in [3.63, 3.8) is 0 Å². The fourth-order valence-corrected chi connectivity index (χ4v) is 1.65. The van der Waals surface area contributed by atoms with Crippen molar-refractivity contribution in [1.29, 1.82) is 0 Å². The van der Waals surface area contributed by atoms with Crippen molar-refractivity contribution in [2.75, 3.05) is 0 Å². The molecule has 3 heteroatoms. The van der Waals surface area contributed by atoms with Crippen LogP contribution in [-0.4, -0.2) is 0 Å². The molecule has 1 aliphatic rings.